The van der Waals surface area contributed by atoms with Crippen molar-refractivity contribution in [3.63, 3.8) is 0 Å². The Labute approximate surface area is 238 Å². The molecule has 13 heteroatoms. The van der Waals surface area contributed by atoms with E-state index in [9.17, 15) is 28.2 Å². The lowest BCUT2D eigenvalue weighted by molar-refractivity contribution is 0.174. The van der Waals surface area contributed by atoms with Crippen molar-refractivity contribution in [1.82, 2.24) is 5.32 Å². The molecule has 0 aliphatic rings. The van der Waals surface area contributed by atoms with Gasteiger partial charge in [0.15, 0.2) is 0 Å². The maximum absolute atomic E-state index is 11.6. The van der Waals surface area contributed by atoms with Gasteiger partial charge in [0.1, 0.15) is 5.75 Å². The second-order valence-corrected chi connectivity index (χ2v) is 10.9. The van der Waals surface area contributed by atoms with Gasteiger partial charge in [0.25, 0.3) is 0 Å². The summed E-state index contributed by atoms with van der Waals surface area (Å²) in [5.41, 5.74) is 3.53. The van der Waals surface area contributed by atoms with Gasteiger partial charge in [0.05, 0.1) is 32.3 Å². The molecule has 2 amide bonds. The number of aliphatic hydroxyl groups is 1. The van der Waals surface area contributed by atoms with Crippen LogP contribution in [-0.2, 0) is 19.5 Å². The molecular weight excluding hydrogens is 552 g/mol. The highest BCUT2D eigenvalue weighted by Gasteiger charge is 2.17. The van der Waals surface area contributed by atoms with Crippen LogP contribution in [0.2, 0.25) is 0 Å². The maximum atomic E-state index is 11.6. The molecule has 0 aromatic heterocycles. The Morgan fingerprint density at radius 2 is 1.32 bits per heavy atom. The van der Waals surface area contributed by atoms with Crippen LogP contribution in [-0.4, -0.2) is 64.4 Å². The minimum absolute atomic E-state index is 0.0145. The van der Waals surface area contributed by atoms with Crippen molar-refractivity contribution in [2.24, 2.45) is 0 Å². The molecule has 3 aromatic carbocycles. The Morgan fingerprint density at radius 1 is 0.829 bits per heavy atom. The van der Waals surface area contributed by atoms with Crippen LogP contribution in [0.5, 0.6) is 5.75 Å². The molecule has 1 atom stereocenters. The molecule has 1 unspecified atom stereocenters. The third-order valence-corrected chi connectivity index (χ3v) is 6.73. The second-order valence-electron chi connectivity index (χ2n) is 9.19. The van der Waals surface area contributed by atoms with Gasteiger partial charge in [0.2, 0.25) is 10.0 Å². The zero-order chi connectivity index (χ0) is 30.0. The summed E-state index contributed by atoms with van der Waals surface area (Å²) in [6, 6.07) is 18.9. The number of hydrogen-bond donors (Lipinski definition) is 6. The van der Waals surface area contributed by atoms with Gasteiger partial charge >= 0.3 is 12.2 Å². The van der Waals surface area contributed by atoms with Crippen molar-refractivity contribution in [2.75, 3.05) is 48.9 Å². The third-order valence-electron chi connectivity index (χ3n) is 6.14. The number of phenolic OH excluding ortho intramolecular Hbond substituents is 1. The Hall–Kier alpha value is -4.33. The fourth-order valence-corrected chi connectivity index (χ4v) is 4.67. The molecule has 0 saturated heterocycles. The number of aliphatic hydroxyl groups excluding tert-OH is 1. The summed E-state index contributed by atoms with van der Waals surface area (Å²) < 4.78 is 34.6. The van der Waals surface area contributed by atoms with Gasteiger partial charge in [-0.15, -0.1) is 0 Å². The van der Waals surface area contributed by atoms with Crippen LogP contribution in [0.1, 0.15) is 35.1 Å². The molecule has 3 rings (SSSR count). The Morgan fingerprint density at radius 3 is 1.78 bits per heavy atom. The number of amides is 2. The van der Waals surface area contributed by atoms with Crippen LogP contribution < -0.4 is 20.7 Å². The summed E-state index contributed by atoms with van der Waals surface area (Å²) in [7, 11) is -1.03. The molecule has 3 aromatic rings. The number of hydrogen-bond acceptors (Lipinski definition) is 9. The van der Waals surface area contributed by atoms with E-state index >= 15 is 0 Å². The highest BCUT2D eigenvalue weighted by Crippen LogP contribution is 2.30. The van der Waals surface area contributed by atoms with Gasteiger partial charge < -0.3 is 25.0 Å². The maximum Gasteiger partial charge on any atom is 0.411 e. The number of phenols is 1. The third kappa shape index (κ3) is 9.67. The topological polar surface area (TPSA) is 175 Å². The minimum Gasteiger partial charge on any atom is -0.506 e. The van der Waals surface area contributed by atoms with Crippen LogP contribution in [0.25, 0.3) is 0 Å². The fraction of sp³-hybridized carbons (Fsp3) is 0.286. The van der Waals surface area contributed by atoms with Gasteiger partial charge in [-0.25, -0.2) is 18.0 Å². The molecule has 0 fully saturated rings. The number of benzene rings is 3. The molecule has 0 bridgehead atoms. The number of rotatable bonds is 12. The highest BCUT2D eigenvalue weighted by atomic mass is 32.2. The molecule has 220 valence electrons. The standard InChI is InChI=1S/C28H34N4O8S/c1-39-27(35)30-21-9-4-18(5-10-21)23(19-6-11-22(12-7-19)31-28(36)40-2)14-15-29-17-26(34)20-8-13-25(33)24(16-20)32-41(3,37)38/h4-13,16,23,26,29,32-34H,14-15,17H2,1-3H3,(H,30,35)(H,31,36). The zero-order valence-electron chi connectivity index (χ0n) is 22.9. The van der Waals surface area contributed by atoms with Crippen molar-refractivity contribution in [2.45, 2.75) is 18.4 Å². The number of aromatic hydroxyl groups is 1. The predicted octanol–water partition coefficient (Wildman–Crippen LogP) is 3.97. The lowest BCUT2D eigenvalue weighted by atomic mass is 9.88. The first-order chi connectivity index (χ1) is 19.5. The summed E-state index contributed by atoms with van der Waals surface area (Å²) in [5.74, 6) is -0.319. The van der Waals surface area contributed by atoms with Gasteiger partial charge in [-0.2, -0.15) is 0 Å². The smallest absolute Gasteiger partial charge is 0.411 e. The Balaban J connectivity index is 1.71. The summed E-state index contributed by atoms with van der Waals surface area (Å²) in [5, 5.41) is 29.1. The number of nitrogens with one attached hydrogen (secondary N) is 4. The van der Waals surface area contributed by atoms with Crippen molar-refractivity contribution >= 4 is 39.3 Å². The van der Waals surface area contributed by atoms with Gasteiger partial charge in [0, 0.05) is 23.8 Å². The second kappa shape index (κ2) is 14.3. The number of anilines is 3. The summed E-state index contributed by atoms with van der Waals surface area (Å²) in [4.78, 5) is 23.1. The van der Waals surface area contributed by atoms with Crippen LogP contribution in [0.15, 0.2) is 66.7 Å². The van der Waals surface area contributed by atoms with E-state index in [4.69, 9.17) is 0 Å². The van der Waals surface area contributed by atoms with Gasteiger partial charge in [-0.05, 0) is 66.1 Å². The number of methoxy groups -OCH3 is 2. The van der Waals surface area contributed by atoms with Crippen LogP contribution in [0, 0.1) is 0 Å². The molecular formula is C28H34N4O8S. The van der Waals surface area contributed by atoms with E-state index < -0.39 is 28.3 Å². The van der Waals surface area contributed by atoms with E-state index in [0.717, 1.165) is 17.4 Å². The highest BCUT2D eigenvalue weighted by molar-refractivity contribution is 7.92. The molecule has 0 saturated carbocycles. The van der Waals surface area contributed by atoms with E-state index in [0.29, 0.717) is 29.9 Å². The summed E-state index contributed by atoms with van der Waals surface area (Å²) >= 11 is 0. The lowest BCUT2D eigenvalue weighted by Crippen LogP contribution is -2.24. The van der Waals surface area contributed by atoms with Gasteiger partial charge in [-0.3, -0.25) is 15.4 Å². The van der Waals surface area contributed by atoms with Crippen LogP contribution in [0.4, 0.5) is 26.7 Å². The van der Waals surface area contributed by atoms with Gasteiger partial charge in [-0.1, -0.05) is 30.3 Å². The summed E-state index contributed by atoms with van der Waals surface area (Å²) in [6.45, 7) is 0.693. The van der Waals surface area contributed by atoms with E-state index in [1.54, 1.807) is 24.3 Å². The summed E-state index contributed by atoms with van der Waals surface area (Å²) in [6.07, 6.45) is -0.491. The van der Waals surface area contributed by atoms with E-state index in [2.05, 4.69) is 30.1 Å². The molecule has 12 nitrogen and oxygen atoms in total. The number of ether oxygens (including phenoxy) is 2. The Bertz CT molecular complexity index is 1370. The van der Waals surface area contributed by atoms with Crippen molar-refractivity contribution in [3.8, 4) is 5.75 Å². The minimum atomic E-state index is -3.61. The quantitative estimate of drug-likeness (QED) is 0.135. The number of carbonyl (C=O) groups excluding carboxylic acids is 2. The first-order valence-electron chi connectivity index (χ1n) is 12.6. The monoisotopic (exact) mass is 586 g/mol. The molecule has 0 radical (unpaired) electrons. The average Bonchev–Trinajstić information content (AvgIpc) is 2.94. The zero-order valence-corrected chi connectivity index (χ0v) is 23.7. The fourth-order valence-electron chi connectivity index (χ4n) is 4.11. The van der Waals surface area contributed by atoms with Crippen molar-refractivity contribution < 1.29 is 37.7 Å². The lowest BCUT2D eigenvalue weighted by Gasteiger charge is -2.20. The van der Waals surface area contributed by atoms with E-state index in [-0.39, 0.29) is 23.9 Å². The van der Waals surface area contributed by atoms with Crippen molar-refractivity contribution in [3.05, 3.63) is 83.4 Å². The first-order valence-corrected chi connectivity index (χ1v) is 14.5. The van der Waals surface area contributed by atoms with E-state index in [1.165, 1.54) is 32.4 Å². The largest absolute Gasteiger partial charge is 0.506 e. The molecule has 0 heterocycles. The number of carbonyl (C=O) groups is 2. The average molecular weight is 587 g/mol. The Kier molecular flexibility index (Phi) is 10.9. The molecule has 0 spiro atoms. The predicted molar refractivity (Wildman–Crippen MR) is 156 cm³/mol. The normalized spacial score (nSPS) is 11.9. The van der Waals surface area contributed by atoms with Crippen molar-refractivity contribution in [1.29, 1.82) is 0 Å². The molecule has 0 aliphatic heterocycles. The first kappa shape index (κ1) is 31.2. The van der Waals surface area contributed by atoms with E-state index in [1.807, 2.05) is 24.3 Å². The number of sulfonamides is 1. The molecule has 41 heavy (non-hydrogen) atoms. The van der Waals surface area contributed by atoms with Crippen LogP contribution >= 0.6 is 0 Å². The van der Waals surface area contributed by atoms with Crippen LogP contribution in [0.3, 0.4) is 0 Å². The molecule has 6 N–H and O–H groups in total. The SMILES string of the molecule is COC(=O)Nc1ccc(C(CCNCC(O)c2ccc(O)c(NS(C)(=O)=O)c2)c2ccc(NC(=O)OC)cc2)cc1. The molecule has 0 aliphatic carbocycles.